The Balaban J connectivity index is 5.14. The number of nitrogens with zero attached hydrogens (tertiary/aromatic N) is 1. The third-order valence-electron chi connectivity index (χ3n) is 4.34. The molecule has 0 N–H and O–H groups in total. The first-order chi connectivity index (χ1) is 7.78. The first kappa shape index (κ1) is 17.1. The normalized spacial score (nSPS) is 13.5. The highest BCUT2D eigenvalue weighted by atomic mass is 28.3. The van der Waals surface area contributed by atoms with E-state index in [1.165, 1.54) is 24.3 Å². The van der Waals surface area contributed by atoms with Crippen LogP contribution in [0.15, 0.2) is 12.3 Å². The summed E-state index contributed by atoms with van der Waals surface area (Å²) in [5.74, 6) is 0. The van der Waals surface area contributed by atoms with Crippen molar-refractivity contribution in [1.29, 1.82) is 0 Å². The van der Waals surface area contributed by atoms with Crippen molar-refractivity contribution in [2.75, 3.05) is 6.17 Å². The summed E-state index contributed by atoms with van der Waals surface area (Å²) in [6.45, 7) is 20.9. The van der Waals surface area contributed by atoms with Crippen molar-refractivity contribution in [1.82, 2.24) is 4.57 Å². The van der Waals surface area contributed by atoms with Crippen LogP contribution in [-0.2, 0) is 0 Å². The van der Waals surface area contributed by atoms with Crippen molar-refractivity contribution in [3.63, 3.8) is 0 Å². The molecule has 0 aromatic heterocycles. The monoisotopic (exact) mass is 271 g/mol. The number of hydrogen-bond donors (Lipinski definition) is 0. The van der Waals surface area contributed by atoms with Crippen molar-refractivity contribution in [2.45, 2.75) is 71.9 Å². The summed E-state index contributed by atoms with van der Waals surface area (Å²) in [4.78, 5) is 0. The minimum Gasteiger partial charge on any atom is -0.323 e. The molecule has 0 aliphatic carbocycles. The Morgan fingerprint density at radius 2 is 1.47 bits per heavy atom. The van der Waals surface area contributed by atoms with Crippen molar-refractivity contribution in [2.24, 2.45) is 0 Å². The lowest BCUT2D eigenvalue weighted by atomic mass is 10.4. The molecule has 0 saturated heterocycles. The highest BCUT2D eigenvalue weighted by Crippen LogP contribution is 2.28. The van der Waals surface area contributed by atoms with Gasteiger partial charge >= 0.3 is 0 Å². The summed E-state index contributed by atoms with van der Waals surface area (Å²) in [5, 5.41) is 0. The second kappa shape index (κ2) is 6.90. The predicted molar refractivity (Wildman–Crippen MR) is 86.7 cm³/mol. The van der Waals surface area contributed by atoms with E-state index in [2.05, 4.69) is 64.6 Å². The molecule has 102 valence electrons. The zero-order valence-electron chi connectivity index (χ0n) is 13.1. The lowest BCUT2D eigenvalue weighted by Crippen LogP contribution is -2.60. The van der Waals surface area contributed by atoms with Gasteiger partial charge in [-0.15, -0.1) is 12.3 Å². The highest BCUT2D eigenvalue weighted by molar-refractivity contribution is 6.84. The molecule has 0 aliphatic heterocycles. The Morgan fingerprint density at radius 3 is 1.71 bits per heavy atom. The van der Waals surface area contributed by atoms with Crippen LogP contribution in [0.1, 0.15) is 34.6 Å². The van der Waals surface area contributed by atoms with Gasteiger partial charge in [0.25, 0.3) is 0 Å². The summed E-state index contributed by atoms with van der Waals surface area (Å²) in [6, 6.07) is 4.85. The molecular formula is C14H33NSi2. The third-order valence-corrected chi connectivity index (χ3v) is 12.8. The Kier molecular flexibility index (Phi) is 6.96. The van der Waals surface area contributed by atoms with Crippen LogP contribution in [0, 0.1) is 0 Å². The highest BCUT2D eigenvalue weighted by Gasteiger charge is 2.38. The molecule has 0 bridgehead atoms. The third kappa shape index (κ3) is 4.38. The van der Waals surface area contributed by atoms with Crippen LogP contribution in [0.2, 0.25) is 31.2 Å². The van der Waals surface area contributed by atoms with Gasteiger partial charge in [0.15, 0.2) is 0 Å². The van der Waals surface area contributed by atoms with Gasteiger partial charge in [-0.05, 0) is 30.3 Å². The Hall–Kier alpha value is 0.134. The van der Waals surface area contributed by atoms with Gasteiger partial charge in [-0.1, -0.05) is 47.7 Å². The maximum absolute atomic E-state index is 4.05. The van der Waals surface area contributed by atoms with Crippen LogP contribution in [0.5, 0.6) is 0 Å². The fourth-order valence-corrected chi connectivity index (χ4v) is 10.5. The van der Waals surface area contributed by atoms with Gasteiger partial charge in [0.1, 0.15) is 8.24 Å². The fraction of sp³-hybridized carbons (Fsp3) is 0.857. The van der Waals surface area contributed by atoms with Crippen LogP contribution in [0.4, 0.5) is 0 Å². The van der Waals surface area contributed by atoms with E-state index in [1.807, 2.05) is 0 Å². The molecule has 1 nitrogen and oxygen atoms in total. The minimum atomic E-state index is -1.24. The number of hydrogen-bond acceptors (Lipinski definition) is 1. The smallest absolute Gasteiger partial charge is 0.127 e. The van der Waals surface area contributed by atoms with E-state index in [-0.39, 0.29) is 0 Å². The molecule has 0 fully saturated rings. The molecule has 0 heterocycles. The van der Waals surface area contributed by atoms with E-state index in [1.54, 1.807) is 0 Å². The van der Waals surface area contributed by atoms with Gasteiger partial charge in [0.05, 0.1) is 8.07 Å². The average Bonchev–Trinajstić information content (AvgIpc) is 2.30. The molecule has 17 heavy (non-hydrogen) atoms. The largest absolute Gasteiger partial charge is 0.323 e. The molecule has 0 radical (unpaired) electrons. The van der Waals surface area contributed by atoms with Crippen molar-refractivity contribution < 1.29 is 0 Å². The number of rotatable bonds is 8. The van der Waals surface area contributed by atoms with Gasteiger partial charge in [-0.3, -0.25) is 0 Å². The average molecular weight is 272 g/mol. The quantitative estimate of drug-likeness (QED) is 0.580. The van der Waals surface area contributed by atoms with Gasteiger partial charge in [-0.25, -0.2) is 0 Å². The molecular weight excluding hydrogens is 238 g/mol. The zero-order chi connectivity index (χ0) is 13.7. The summed E-state index contributed by atoms with van der Waals surface area (Å²) in [5.41, 5.74) is 2.25. The van der Waals surface area contributed by atoms with E-state index in [0.29, 0.717) is 6.04 Å². The van der Waals surface area contributed by atoms with Crippen molar-refractivity contribution in [3.05, 3.63) is 12.3 Å². The van der Waals surface area contributed by atoms with Crippen molar-refractivity contribution in [3.8, 4) is 0 Å². The Bertz CT molecular complexity index is 224. The topological polar surface area (TPSA) is 3.24 Å². The molecule has 0 atom stereocenters. The minimum absolute atomic E-state index is 0.688. The second-order valence-electron chi connectivity index (χ2n) is 6.20. The first-order valence-electron chi connectivity index (χ1n) is 7.19. The Morgan fingerprint density at radius 1 is 1.06 bits per heavy atom. The lowest BCUT2D eigenvalue weighted by molar-refractivity contribution is 0.387. The Labute approximate surface area is 111 Å². The first-order valence-corrected chi connectivity index (χ1v) is 13.0. The van der Waals surface area contributed by atoms with Crippen LogP contribution < -0.4 is 0 Å². The SMILES string of the molecule is C=C[Si](C)(C)CN(C(C)C)[Si](CC)(CC)CC. The van der Waals surface area contributed by atoms with E-state index < -0.39 is 16.3 Å². The van der Waals surface area contributed by atoms with Gasteiger partial charge < -0.3 is 4.57 Å². The van der Waals surface area contributed by atoms with Crippen LogP contribution >= 0.6 is 0 Å². The summed E-state index contributed by atoms with van der Waals surface area (Å²) in [6.07, 6.45) is 1.30. The molecule has 0 saturated carbocycles. The van der Waals surface area contributed by atoms with E-state index in [0.717, 1.165) is 0 Å². The molecule has 0 amide bonds. The maximum atomic E-state index is 4.05. The molecule has 0 rings (SSSR count). The van der Waals surface area contributed by atoms with Crippen LogP contribution in [0.25, 0.3) is 0 Å². The molecule has 0 unspecified atom stereocenters. The van der Waals surface area contributed by atoms with Gasteiger partial charge in [0, 0.05) is 0 Å². The van der Waals surface area contributed by atoms with Gasteiger partial charge in [0.2, 0.25) is 0 Å². The van der Waals surface area contributed by atoms with E-state index >= 15 is 0 Å². The summed E-state index contributed by atoms with van der Waals surface area (Å²) >= 11 is 0. The van der Waals surface area contributed by atoms with E-state index in [9.17, 15) is 0 Å². The standard InChI is InChI=1S/C14H33NSi2/c1-9-16(7,8)13-15(14(5)6)17(10-2,11-3)12-4/h9,14H,1,10-13H2,2-8H3. The molecule has 0 aliphatic rings. The molecule has 0 aromatic carbocycles. The van der Waals surface area contributed by atoms with Gasteiger partial charge in [-0.2, -0.15) is 0 Å². The lowest BCUT2D eigenvalue weighted by Gasteiger charge is -2.46. The molecule has 0 spiro atoms. The summed E-state index contributed by atoms with van der Waals surface area (Å²) < 4.78 is 2.89. The summed E-state index contributed by atoms with van der Waals surface area (Å²) in [7, 11) is -2.45. The van der Waals surface area contributed by atoms with Crippen LogP contribution in [0.3, 0.4) is 0 Å². The molecule has 0 aromatic rings. The maximum Gasteiger partial charge on any atom is 0.127 e. The zero-order valence-corrected chi connectivity index (χ0v) is 15.1. The fourth-order valence-electron chi connectivity index (χ4n) is 2.76. The van der Waals surface area contributed by atoms with Crippen LogP contribution in [-0.4, -0.2) is 33.1 Å². The molecule has 3 heteroatoms. The predicted octanol–water partition coefficient (Wildman–Crippen LogP) is 4.67. The second-order valence-corrected chi connectivity index (χ2v) is 16.0. The van der Waals surface area contributed by atoms with Crippen molar-refractivity contribution >= 4 is 16.3 Å². The van der Waals surface area contributed by atoms with E-state index in [4.69, 9.17) is 0 Å².